The van der Waals surface area contributed by atoms with Crippen molar-refractivity contribution in [2.45, 2.75) is 12.6 Å². The molecule has 0 bridgehead atoms. The van der Waals surface area contributed by atoms with Crippen molar-refractivity contribution < 1.29 is 14.3 Å². The summed E-state index contributed by atoms with van der Waals surface area (Å²) in [4.78, 5) is 16.3. The van der Waals surface area contributed by atoms with Crippen molar-refractivity contribution in [2.24, 2.45) is 0 Å². The third kappa shape index (κ3) is 3.46. The molecule has 1 atom stereocenters. The first-order valence-electron chi connectivity index (χ1n) is 8.39. The maximum atomic E-state index is 11.9. The minimum absolute atomic E-state index is 0.514. The number of fused-ring (bicyclic) bond motifs is 1. The molecule has 6 heteroatoms. The Morgan fingerprint density at radius 1 is 1.20 bits per heavy atom. The molecule has 130 valence electrons. The van der Waals surface area contributed by atoms with E-state index in [4.69, 9.17) is 4.42 Å². The molecule has 1 saturated heterocycles. The van der Waals surface area contributed by atoms with Crippen molar-refractivity contribution >= 4 is 28.3 Å². The first-order chi connectivity index (χ1) is 12.2. The number of hydrogen-bond acceptors (Lipinski definition) is 5. The van der Waals surface area contributed by atoms with Crippen LogP contribution < -0.4 is 0 Å². The average Bonchev–Trinajstić information content (AvgIpc) is 3.25. The summed E-state index contributed by atoms with van der Waals surface area (Å²) in [6.45, 7) is 4.09. The largest absolute Gasteiger partial charge is 0.480 e. The maximum absolute atomic E-state index is 11.9. The van der Waals surface area contributed by atoms with E-state index in [1.807, 2.05) is 35.2 Å². The second-order valence-electron chi connectivity index (χ2n) is 6.37. The molecule has 0 saturated carbocycles. The van der Waals surface area contributed by atoms with E-state index in [9.17, 15) is 9.90 Å². The van der Waals surface area contributed by atoms with Gasteiger partial charge in [-0.25, -0.2) is 0 Å². The van der Waals surface area contributed by atoms with E-state index in [0.29, 0.717) is 5.76 Å². The van der Waals surface area contributed by atoms with Crippen LogP contribution in [0.2, 0.25) is 0 Å². The molecule has 0 radical (unpaired) electrons. The van der Waals surface area contributed by atoms with Crippen LogP contribution in [0.1, 0.15) is 17.4 Å². The number of carboxylic acid groups (broad SMARTS) is 1. The Hall–Kier alpha value is -2.15. The van der Waals surface area contributed by atoms with Crippen LogP contribution in [0.15, 0.2) is 51.6 Å². The molecule has 0 spiro atoms. The van der Waals surface area contributed by atoms with Gasteiger partial charge in [0.2, 0.25) is 0 Å². The van der Waals surface area contributed by atoms with E-state index in [2.05, 4.69) is 21.7 Å². The molecule has 1 N–H and O–H groups in total. The van der Waals surface area contributed by atoms with Crippen LogP contribution in [0, 0.1) is 0 Å². The number of furan rings is 1. The summed E-state index contributed by atoms with van der Waals surface area (Å²) in [5, 5.41) is 15.0. The molecule has 3 aromatic rings. The number of aliphatic carboxylic acids is 1. The number of benzene rings is 1. The minimum atomic E-state index is -0.856. The molecule has 1 fully saturated rings. The van der Waals surface area contributed by atoms with E-state index in [0.717, 1.165) is 43.7 Å². The van der Waals surface area contributed by atoms with Crippen molar-refractivity contribution in [1.29, 1.82) is 0 Å². The Morgan fingerprint density at radius 3 is 2.68 bits per heavy atom. The smallest absolute Gasteiger partial charge is 0.328 e. The number of piperazine rings is 1. The van der Waals surface area contributed by atoms with Gasteiger partial charge in [0.25, 0.3) is 0 Å². The minimum Gasteiger partial charge on any atom is -0.480 e. The first-order valence-corrected chi connectivity index (χ1v) is 9.34. The molecule has 2 aromatic heterocycles. The van der Waals surface area contributed by atoms with Crippen molar-refractivity contribution in [3.63, 3.8) is 0 Å². The fourth-order valence-corrected chi connectivity index (χ4v) is 4.08. The lowest BCUT2D eigenvalue weighted by atomic mass is 10.1. The van der Waals surface area contributed by atoms with E-state index in [-0.39, 0.29) is 0 Å². The molecule has 1 aliphatic rings. The van der Waals surface area contributed by atoms with Gasteiger partial charge in [-0.15, -0.1) is 0 Å². The van der Waals surface area contributed by atoms with Gasteiger partial charge < -0.3 is 9.52 Å². The summed E-state index contributed by atoms with van der Waals surface area (Å²) in [5.41, 5.74) is 2.06. The SMILES string of the molecule is O=C(O)[C@H](c1cc2ccccc2o1)N1CCN(Cc2ccsc2)CC1. The lowest BCUT2D eigenvalue weighted by Gasteiger charge is -2.36. The molecular formula is C19H20N2O3S. The van der Waals surface area contributed by atoms with Crippen LogP contribution in [-0.4, -0.2) is 47.1 Å². The number of thiophene rings is 1. The Kier molecular flexibility index (Phi) is 4.57. The molecule has 3 heterocycles. The number of carboxylic acids is 1. The summed E-state index contributed by atoms with van der Waals surface area (Å²) < 4.78 is 5.82. The molecule has 25 heavy (non-hydrogen) atoms. The average molecular weight is 356 g/mol. The summed E-state index contributed by atoms with van der Waals surface area (Å²) in [7, 11) is 0. The third-order valence-electron chi connectivity index (χ3n) is 4.71. The van der Waals surface area contributed by atoms with E-state index in [1.54, 1.807) is 11.3 Å². The van der Waals surface area contributed by atoms with Crippen LogP contribution >= 0.6 is 11.3 Å². The Balaban J connectivity index is 1.47. The molecule has 4 rings (SSSR count). The summed E-state index contributed by atoms with van der Waals surface area (Å²) >= 11 is 1.71. The predicted octanol–water partition coefficient (Wildman–Crippen LogP) is 3.44. The Labute approximate surface area is 150 Å². The molecule has 0 amide bonds. The second-order valence-corrected chi connectivity index (χ2v) is 7.15. The zero-order chi connectivity index (χ0) is 17.2. The van der Waals surface area contributed by atoms with Crippen LogP contribution in [0.4, 0.5) is 0 Å². The third-order valence-corrected chi connectivity index (χ3v) is 5.44. The van der Waals surface area contributed by atoms with Gasteiger partial charge in [0.05, 0.1) is 0 Å². The number of para-hydroxylation sites is 1. The van der Waals surface area contributed by atoms with Crippen LogP contribution in [0.5, 0.6) is 0 Å². The number of rotatable bonds is 5. The highest BCUT2D eigenvalue weighted by atomic mass is 32.1. The lowest BCUT2D eigenvalue weighted by Crippen LogP contribution is -2.48. The van der Waals surface area contributed by atoms with Crippen molar-refractivity contribution in [3.05, 3.63) is 58.5 Å². The monoisotopic (exact) mass is 356 g/mol. The standard InChI is InChI=1S/C19H20N2O3S/c22-19(23)18(17-11-15-3-1-2-4-16(15)24-17)21-8-6-20(7-9-21)12-14-5-10-25-13-14/h1-5,10-11,13,18H,6-9,12H2,(H,22,23)/t18-/m0/s1. The van der Waals surface area contributed by atoms with Crippen LogP contribution in [0.25, 0.3) is 11.0 Å². The topological polar surface area (TPSA) is 56.9 Å². The van der Waals surface area contributed by atoms with Gasteiger partial charge in [-0.1, -0.05) is 18.2 Å². The quantitative estimate of drug-likeness (QED) is 0.759. The van der Waals surface area contributed by atoms with Crippen molar-refractivity contribution in [2.75, 3.05) is 26.2 Å². The highest BCUT2D eigenvalue weighted by Crippen LogP contribution is 2.29. The van der Waals surface area contributed by atoms with Gasteiger partial charge in [-0.2, -0.15) is 11.3 Å². The molecule has 1 aromatic carbocycles. The lowest BCUT2D eigenvalue weighted by molar-refractivity contribution is -0.145. The molecule has 0 aliphatic carbocycles. The highest BCUT2D eigenvalue weighted by molar-refractivity contribution is 7.07. The van der Waals surface area contributed by atoms with Crippen LogP contribution in [-0.2, 0) is 11.3 Å². The normalized spacial score (nSPS) is 17.8. The van der Waals surface area contributed by atoms with E-state index in [1.165, 1.54) is 5.56 Å². The highest BCUT2D eigenvalue weighted by Gasteiger charge is 2.32. The van der Waals surface area contributed by atoms with Gasteiger partial charge in [-0.05, 0) is 34.5 Å². The Morgan fingerprint density at radius 2 is 2.00 bits per heavy atom. The summed E-state index contributed by atoms with van der Waals surface area (Å²) in [5.74, 6) is -0.342. The number of hydrogen-bond donors (Lipinski definition) is 1. The fraction of sp³-hybridized carbons (Fsp3) is 0.316. The van der Waals surface area contributed by atoms with Gasteiger partial charge in [0, 0.05) is 38.1 Å². The predicted molar refractivity (Wildman–Crippen MR) is 97.8 cm³/mol. The zero-order valence-corrected chi connectivity index (χ0v) is 14.6. The van der Waals surface area contributed by atoms with Crippen LogP contribution in [0.3, 0.4) is 0 Å². The van der Waals surface area contributed by atoms with E-state index < -0.39 is 12.0 Å². The number of nitrogens with zero attached hydrogens (tertiary/aromatic N) is 2. The fourth-order valence-electron chi connectivity index (χ4n) is 3.42. The maximum Gasteiger partial charge on any atom is 0.328 e. The van der Waals surface area contributed by atoms with E-state index >= 15 is 0 Å². The van der Waals surface area contributed by atoms with Gasteiger partial charge >= 0.3 is 5.97 Å². The summed E-state index contributed by atoms with van der Waals surface area (Å²) in [6.07, 6.45) is 0. The first kappa shape index (κ1) is 16.3. The summed E-state index contributed by atoms with van der Waals surface area (Å²) in [6, 6.07) is 10.9. The Bertz CT molecular complexity index is 818. The molecule has 5 nitrogen and oxygen atoms in total. The molecule has 0 unspecified atom stereocenters. The van der Waals surface area contributed by atoms with Crippen molar-refractivity contribution in [1.82, 2.24) is 9.80 Å². The molecular weight excluding hydrogens is 336 g/mol. The van der Waals surface area contributed by atoms with Crippen molar-refractivity contribution in [3.8, 4) is 0 Å². The number of carbonyl (C=O) groups is 1. The molecule has 1 aliphatic heterocycles. The zero-order valence-electron chi connectivity index (χ0n) is 13.8. The van der Waals surface area contributed by atoms with Gasteiger partial charge in [-0.3, -0.25) is 14.6 Å². The van der Waals surface area contributed by atoms with Gasteiger partial charge in [0.1, 0.15) is 11.3 Å². The second kappa shape index (κ2) is 7.00. The van der Waals surface area contributed by atoms with Gasteiger partial charge in [0.15, 0.2) is 6.04 Å².